The molecule has 13 heteroatoms. The van der Waals surface area contributed by atoms with Crippen molar-refractivity contribution in [1.82, 2.24) is 20.1 Å². The van der Waals surface area contributed by atoms with E-state index in [-0.39, 0.29) is 44.1 Å². The lowest BCUT2D eigenvalue weighted by Crippen LogP contribution is -2.53. The number of benzene rings is 4. The van der Waals surface area contributed by atoms with Gasteiger partial charge in [0.15, 0.2) is 11.4 Å². The standard InChI is InChI=1S/C48H53N5O8/c49-25-11-10-18-37(44(55)45-50-39-19-8-9-20-43(39)61-45)29-42(54)41-30-38(60-48(58)52-26-12-3-13-27-52)31-53(41)46(56)40(51-47(57)59-32-34-14-4-1-5-15-34)28-33-21-23-36(24-22-33)35-16-6-2-7-17-35/h1-2,4-9,14-17,19-24,37-38,40-41H,3,10-13,18,25-32,49H2,(H,51,57)/t37-,38-,40-,41+/m1/s1. The third-order valence-electron chi connectivity index (χ3n) is 11.4. The van der Waals surface area contributed by atoms with Gasteiger partial charge in [0.2, 0.25) is 11.7 Å². The number of para-hydroxylation sites is 2. The van der Waals surface area contributed by atoms with Gasteiger partial charge in [-0.3, -0.25) is 14.4 Å². The Bertz CT molecular complexity index is 2230. The zero-order valence-corrected chi connectivity index (χ0v) is 34.3. The third-order valence-corrected chi connectivity index (χ3v) is 11.4. The summed E-state index contributed by atoms with van der Waals surface area (Å²) in [7, 11) is 0. The molecule has 0 aliphatic carbocycles. The van der Waals surface area contributed by atoms with Crippen LogP contribution in [0.3, 0.4) is 0 Å². The first kappa shape index (κ1) is 42.8. The molecule has 7 rings (SSSR count). The van der Waals surface area contributed by atoms with Crippen LogP contribution in [0.1, 0.15) is 73.2 Å². The first-order valence-corrected chi connectivity index (χ1v) is 21.3. The Morgan fingerprint density at radius 2 is 1.49 bits per heavy atom. The molecule has 3 N–H and O–H groups in total. The molecule has 2 aliphatic rings. The van der Waals surface area contributed by atoms with Crippen molar-refractivity contribution in [3.63, 3.8) is 0 Å². The fraction of sp³-hybridized carbons (Fsp3) is 0.375. The smallest absolute Gasteiger partial charge is 0.410 e. The molecule has 13 nitrogen and oxygen atoms in total. The number of nitrogens with two attached hydrogens (primary N) is 1. The van der Waals surface area contributed by atoms with Gasteiger partial charge in [-0.1, -0.05) is 103 Å². The minimum absolute atomic E-state index is 0.0155. The number of alkyl carbamates (subject to hydrolysis) is 1. The van der Waals surface area contributed by atoms with Gasteiger partial charge in [0.1, 0.15) is 24.3 Å². The van der Waals surface area contributed by atoms with Crippen LogP contribution in [0.5, 0.6) is 0 Å². The highest BCUT2D eigenvalue weighted by Gasteiger charge is 2.45. The number of likely N-dealkylation sites (tertiary alicyclic amines) is 2. The van der Waals surface area contributed by atoms with E-state index in [0.717, 1.165) is 41.5 Å². The number of ketones is 2. The zero-order chi connectivity index (χ0) is 42.6. The fourth-order valence-corrected chi connectivity index (χ4v) is 8.12. The topological polar surface area (TPSA) is 174 Å². The van der Waals surface area contributed by atoms with Crippen LogP contribution in [-0.4, -0.2) is 88.8 Å². The molecule has 2 aliphatic heterocycles. The van der Waals surface area contributed by atoms with Crippen LogP contribution in [0.2, 0.25) is 0 Å². The second kappa shape index (κ2) is 20.8. The maximum Gasteiger partial charge on any atom is 0.410 e. The number of hydrogen-bond donors (Lipinski definition) is 2. The van der Waals surface area contributed by atoms with Crippen molar-refractivity contribution in [1.29, 1.82) is 0 Å². The van der Waals surface area contributed by atoms with Crippen LogP contribution in [-0.2, 0) is 32.1 Å². The number of piperidine rings is 1. The molecule has 3 heterocycles. The first-order chi connectivity index (χ1) is 29.7. The van der Waals surface area contributed by atoms with Gasteiger partial charge in [0, 0.05) is 38.3 Å². The third kappa shape index (κ3) is 11.3. The molecule has 0 bridgehead atoms. The number of hydrogen-bond acceptors (Lipinski definition) is 10. The molecule has 318 valence electrons. The van der Waals surface area contributed by atoms with Gasteiger partial charge in [-0.15, -0.1) is 0 Å². The lowest BCUT2D eigenvalue weighted by Gasteiger charge is -2.29. The van der Waals surface area contributed by atoms with Crippen molar-refractivity contribution in [2.75, 3.05) is 26.2 Å². The minimum Gasteiger partial charge on any atom is -0.445 e. The molecule has 2 saturated heterocycles. The summed E-state index contributed by atoms with van der Waals surface area (Å²) in [6.07, 6.45) is 2.16. The molecule has 0 saturated carbocycles. The van der Waals surface area contributed by atoms with Crippen LogP contribution in [0.15, 0.2) is 114 Å². The predicted molar refractivity (Wildman–Crippen MR) is 229 cm³/mol. The molecule has 4 aromatic carbocycles. The first-order valence-electron chi connectivity index (χ1n) is 21.3. The van der Waals surface area contributed by atoms with Crippen LogP contribution in [0.4, 0.5) is 9.59 Å². The number of unbranched alkanes of at least 4 members (excludes halogenated alkanes) is 1. The summed E-state index contributed by atoms with van der Waals surface area (Å²) in [6, 6.07) is 31.6. The number of rotatable bonds is 17. The molecule has 5 aromatic rings. The molecule has 4 atom stereocenters. The summed E-state index contributed by atoms with van der Waals surface area (Å²) >= 11 is 0. The Morgan fingerprint density at radius 1 is 0.803 bits per heavy atom. The second-order valence-corrected chi connectivity index (χ2v) is 15.8. The Kier molecular flexibility index (Phi) is 14.6. The number of ether oxygens (including phenoxy) is 2. The van der Waals surface area contributed by atoms with E-state index in [4.69, 9.17) is 19.6 Å². The predicted octanol–water partition coefficient (Wildman–Crippen LogP) is 7.51. The number of nitrogens with zero attached hydrogens (tertiary/aromatic N) is 3. The SMILES string of the molecule is NCCCC[C@H](CC(=O)[C@@H]1C[C@@H](OC(=O)N2CCCCC2)CN1C(=O)[C@@H](Cc1ccc(-c2ccccc2)cc1)NC(=O)OCc1ccccc1)C(=O)c1nc2ccccc2o1. The van der Waals surface area contributed by atoms with E-state index >= 15 is 0 Å². The van der Waals surface area contributed by atoms with Gasteiger partial charge in [-0.25, -0.2) is 14.6 Å². The van der Waals surface area contributed by atoms with Gasteiger partial charge in [-0.2, -0.15) is 0 Å². The highest BCUT2D eigenvalue weighted by atomic mass is 16.6. The summed E-state index contributed by atoms with van der Waals surface area (Å²) in [5.41, 5.74) is 10.3. The van der Waals surface area contributed by atoms with E-state index in [1.165, 1.54) is 4.90 Å². The Balaban J connectivity index is 1.15. The van der Waals surface area contributed by atoms with Gasteiger partial charge in [0.25, 0.3) is 5.89 Å². The molecule has 0 spiro atoms. The van der Waals surface area contributed by atoms with Crippen molar-refractivity contribution in [2.45, 2.75) is 82.6 Å². The van der Waals surface area contributed by atoms with Crippen molar-refractivity contribution < 1.29 is 37.9 Å². The molecular weight excluding hydrogens is 775 g/mol. The number of oxazole rings is 1. The lowest BCUT2D eigenvalue weighted by molar-refractivity contribution is -0.139. The van der Waals surface area contributed by atoms with Gasteiger partial charge < -0.3 is 34.7 Å². The number of fused-ring (bicyclic) bond motifs is 1. The minimum atomic E-state index is -1.15. The Labute approximate surface area is 355 Å². The van der Waals surface area contributed by atoms with E-state index in [2.05, 4.69) is 10.3 Å². The number of amides is 3. The Morgan fingerprint density at radius 3 is 2.21 bits per heavy atom. The molecular formula is C48H53N5O8. The summed E-state index contributed by atoms with van der Waals surface area (Å²) in [6.45, 7) is 1.47. The highest BCUT2D eigenvalue weighted by Crippen LogP contribution is 2.30. The van der Waals surface area contributed by atoms with Crippen molar-refractivity contribution >= 4 is 40.8 Å². The van der Waals surface area contributed by atoms with E-state index in [1.54, 1.807) is 29.2 Å². The van der Waals surface area contributed by atoms with E-state index in [9.17, 15) is 24.0 Å². The van der Waals surface area contributed by atoms with Crippen LogP contribution in [0.25, 0.3) is 22.2 Å². The van der Waals surface area contributed by atoms with Crippen LogP contribution >= 0.6 is 0 Å². The number of Topliss-reactive ketones (excluding diaryl/α,β-unsaturated/α-hetero) is 2. The summed E-state index contributed by atoms with van der Waals surface area (Å²) in [5, 5.41) is 2.79. The van der Waals surface area contributed by atoms with Gasteiger partial charge in [-0.05, 0) is 73.0 Å². The summed E-state index contributed by atoms with van der Waals surface area (Å²) in [4.78, 5) is 77.7. The van der Waals surface area contributed by atoms with Crippen molar-refractivity contribution in [3.8, 4) is 11.1 Å². The number of nitrogens with one attached hydrogen (secondary N) is 1. The van der Waals surface area contributed by atoms with Crippen LogP contribution < -0.4 is 11.1 Å². The van der Waals surface area contributed by atoms with E-state index in [1.807, 2.05) is 84.9 Å². The molecule has 0 unspecified atom stereocenters. The normalized spacial score (nSPS) is 17.4. The molecule has 0 radical (unpaired) electrons. The average Bonchev–Trinajstić information content (AvgIpc) is 3.93. The number of carbonyl (C=O) groups is 5. The largest absolute Gasteiger partial charge is 0.445 e. The molecule has 61 heavy (non-hydrogen) atoms. The van der Waals surface area contributed by atoms with Crippen LogP contribution in [0, 0.1) is 5.92 Å². The zero-order valence-electron chi connectivity index (χ0n) is 34.3. The number of carbonyl (C=O) groups excluding carboxylic acids is 5. The maximum atomic E-state index is 14.9. The molecule has 2 fully saturated rings. The molecule has 1 aromatic heterocycles. The van der Waals surface area contributed by atoms with Crippen molar-refractivity contribution in [2.24, 2.45) is 11.7 Å². The maximum absolute atomic E-state index is 14.9. The summed E-state index contributed by atoms with van der Waals surface area (Å²) < 4.78 is 17.4. The second-order valence-electron chi connectivity index (χ2n) is 15.8. The van der Waals surface area contributed by atoms with E-state index < -0.39 is 48.0 Å². The van der Waals surface area contributed by atoms with Gasteiger partial charge in [0.05, 0.1) is 12.6 Å². The Hall–Kier alpha value is -6.34. The number of aromatic nitrogens is 1. The fourth-order valence-electron chi connectivity index (χ4n) is 8.12. The quantitative estimate of drug-likeness (QED) is 0.0705. The monoisotopic (exact) mass is 827 g/mol. The highest BCUT2D eigenvalue weighted by molar-refractivity contribution is 6.00. The lowest BCUT2D eigenvalue weighted by atomic mass is 9.89. The van der Waals surface area contributed by atoms with Crippen molar-refractivity contribution in [3.05, 3.63) is 126 Å². The average molecular weight is 828 g/mol. The summed E-state index contributed by atoms with van der Waals surface area (Å²) in [5.74, 6) is -2.21. The van der Waals surface area contributed by atoms with Gasteiger partial charge >= 0.3 is 12.2 Å². The van der Waals surface area contributed by atoms with E-state index in [0.29, 0.717) is 50.0 Å². The molecule has 3 amide bonds.